The van der Waals surface area contributed by atoms with Crippen LogP contribution in [-0.4, -0.2) is 23.8 Å². The Hall–Kier alpha value is -0.700. The van der Waals surface area contributed by atoms with Gasteiger partial charge in [-0.15, -0.1) is 0 Å². The van der Waals surface area contributed by atoms with Crippen molar-refractivity contribution >= 4 is 12.1 Å². The second kappa shape index (κ2) is 6.60. The number of ether oxygens (including phenoxy) is 1. The van der Waals surface area contributed by atoms with Gasteiger partial charge in [-0.3, -0.25) is 9.59 Å². The predicted octanol–water partition coefficient (Wildman–Crippen LogP) is 4.04. The summed E-state index contributed by atoms with van der Waals surface area (Å²) in [5, 5.41) is 0. The molecule has 21 heavy (non-hydrogen) atoms. The Kier molecular flexibility index (Phi) is 5.76. The van der Waals surface area contributed by atoms with Crippen LogP contribution < -0.4 is 0 Å². The van der Waals surface area contributed by atoms with E-state index in [1.54, 1.807) is 0 Å². The first kappa shape index (κ1) is 18.3. The highest BCUT2D eigenvalue weighted by atomic mass is 16.5. The van der Waals surface area contributed by atoms with Crippen molar-refractivity contribution in [1.29, 1.82) is 0 Å². The fraction of sp³-hybridized carbons (Fsp3) is 0.889. The van der Waals surface area contributed by atoms with Gasteiger partial charge in [0.2, 0.25) is 0 Å². The van der Waals surface area contributed by atoms with Gasteiger partial charge in [-0.25, -0.2) is 0 Å². The lowest BCUT2D eigenvalue weighted by atomic mass is 9.72. The van der Waals surface area contributed by atoms with Crippen molar-refractivity contribution in [2.75, 3.05) is 0 Å². The number of aldehydes is 1. The smallest absolute Gasteiger partial charge is 0.185 e. The third kappa shape index (κ3) is 3.74. The predicted molar refractivity (Wildman–Crippen MR) is 85.1 cm³/mol. The molecule has 0 aromatic rings. The third-order valence-electron chi connectivity index (χ3n) is 5.10. The molecular weight excluding hydrogens is 264 g/mol. The molecule has 4 unspecified atom stereocenters. The van der Waals surface area contributed by atoms with Gasteiger partial charge in [-0.2, -0.15) is 0 Å². The second-order valence-electron chi connectivity index (χ2n) is 8.14. The lowest BCUT2D eigenvalue weighted by Gasteiger charge is -2.45. The molecule has 4 atom stereocenters. The zero-order valence-electron chi connectivity index (χ0n) is 14.7. The second-order valence-corrected chi connectivity index (χ2v) is 8.14. The summed E-state index contributed by atoms with van der Waals surface area (Å²) in [5.41, 5.74) is -1.87. The Bertz CT molecular complexity index is 380. The Labute approximate surface area is 129 Å². The summed E-state index contributed by atoms with van der Waals surface area (Å²) in [7, 11) is 0. The van der Waals surface area contributed by atoms with Gasteiger partial charge >= 0.3 is 0 Å². The molecule has 0 spiro atoms. The molecule has 3 nitrogen and oxygen atoms in total. The minimum Gasteiger partial charge on any atom is -0.356 e. The minimum absolute atomic E-state index is 0.0120. The molecule has 1 fully saturated rings. The summed E-state index contributed by atoms with van der Waals surface area (Å²) in [6, 6.07) is 0. The van der Waals surface area contributed by atoms with Crippen LogP contribution in [0.25, 0.3) is 0 Å². The Morgan fingerprint density at radius 3 is 2.19 bits per heavy atom. The highest BCUT2D eigenvalue weighted by Gasteiger charge is 2.50. The maximum absolute atomic E-state index is 12.2. The first-order chi connectivity index (χ1) is 9.55. The van der Waals surface area contributed by atoms with E-state index in [0.717, 1.165) is 19.1 Å². The van der Waals surface area contributed by atoms with Crippen molar-refractivity contribution in [3.63, 3.8) is 0 Å². The van der Waals surface area contributed by atoms with E-state index in [-0.39, 0.29) is 11.9 Å². The number of Topliss-reactive ketones (excluding diaryl/α,β-unsaturated/α-hetero) is 1. The third-order valence-corrected chi connectivity index (χ3v) is 5.10. The van der Waals surface area contributed by atoms with Crippen LogP contribution >= 0.6 is 0 Å². The summed E-state index contributed by atoms with van der Waals surface area (Å²) in [6.07, 6.45) is 3.96. The summed E-state index contributed by atoms with van der Waals surface area (Å²) in [5.74, 6) is 1.31. The molecule has 3 heteroatoms. The van der Waals surface area contributed by atoms with Gasteiger partial charge < -0.3 is 4.74 Å². The molecule has 1 aliphatic carbocycles. The summed E-state index contributed by atoms with van der Waals surface area (Å²) < 4.78 is 6.28. The Balaban J connectivity index is 3.11. The van der Waals surface area contributed by atoms with Gasteiger partial charge in [-0.05, 0) is 37.5 Å². The SMILES string of the molecule is CC(=O)C(C=O)(OC1CC(C)CCC1C(C)C)C(C)(C)C. The normalized spacial score (nSPS) is 30.0. The van der Waals surface area contributed by atoms with Gasteiger partial charge in [0.05, 0.1) is 6.10 Å². The van der Waals surface area contributed by atoms with E-state index >= 15 is 0 Å². The quantitative estimate of drug-likeness (QED) is 0.568. The van der Waals surface area contributed by atoms with E-state index in [4.69, 9.17) is 4.74 Å². The topological polar surface area (TPSA) is 43.4 Å². The first-order valence-electron chi connectivity index (χ1n) is 8.20. The van der Waals surface area contributed by atoms with Gasteiger partial charge in [0.25, 0.3) is 0 Å². The number of rotatable bonds is 5. The molecule has 0 N–H and O–H groups in total. The minimum atomic E-state index is -1.33. The van der Waals surface area contributed by atoms with E-state index in [1.165, 1.54) is 13.3 Å². The number of hydrogen-bond acceptors (Lipinski definition) is 3. The fourth-order valence-electron chi connectivity index (χ4n) is 3.56. The van der Waals surface area contributed by atoms with E-state index < -0.39 is 11.0 Å². The number of ketones is 1. The molecule has 1 saturated carbocycles. The molecule has 0 bridgehead atoms. The van der Waals surface area contributed by atoms with Gasteiger partial charge in [0.15, 0.2) is 17.7 Å². The van der Waals surface area contributed by atoms with E-state index in [1.807, 2.05) is 20.8 Å². The fourth-order valence-corrected chi connectivity index (χ4v) is 3.56. The van der Waals surface area contributed by atoms with Crippen molar-refractivity contribution in [2.24, 2.45) is 23.2 Å². The van der Waals surface area contributed by atoms with Crippen LogP contribution in [0.3, 0.4) is 0 Å². The maximum Gasteiger partial charge on any atom is 0.185 e. The lowest BCUT2D eigenvalue weighted by molar-refractivity contribution is -0.187. The van der Waals surface area contributed by atoms with Crippen LogP contribution in [0.15, 0.2) is 0 Å². The van der Waals surface area contributed by atoms with Crippen molar-refractivity contribution in [3.8, 4) is 0 Å². The van der Waals surface area contributed by atoms with Crippen molar-refractivity contribution in [3.05, 3.63) is 0 Å². The molecular formula is C18H32O3. The Morgan fingerprint density at radius 1 is 1.24 bits per heavy atom. The molecule has 0 heterocycles. The number of carbonyl (C=O) groups excluding carboxylic acids is 2. The van der Waals surface area contributed by atoms with Gasteiger partial charge in [-0.1, -0.05) is 48.0 Å². The average molecular weight is 296 g/mol. The molecule has 122 valence electrons. The molecule has 0 amide bonds. The van der Waals surface area contributed by atoms with Gasteiger partial charge in [0.1, 0.15) is 0 Å². The number of carbonyl (C=O) groups is 2. The van der Waals surface area contributed by atoms with Crippen LogP contribution in [-0.2, 0) is 14.3 Å². The van der Waals surface area contributed by atoms with Crippen molar-refractivity contribution in [1.82, 2.24) is 0 Å². The zero-order chi connectivity index (χ0) is 16.4. The van der Waals surface area contributed by atoms with Crippen LogP contribution in [0.1, 0.15) is 67.7 Å². The molecule has 0 saturated heterocycles. The van der Waals surface area contributed by atoms with Crippen LogP contribution in [0.4, 0.5) is 0 Å². The van der Waals surface area contributed by atoms with Crippen molar-refractivity contribution in [2.45, 2.75) is 79.4 Å². The van der Waals surface area contributed by atoms with Crippen molar-refractivity contribution < 1.29 is 14.3 Å². The Morgan fingerprint density at radius 2 is 1.81 bits per heavy atom. The molecule has 0 aromatic carbocycles. The van der Waals surface area contributed by atoms with E-state index in [2.05, 4.69) is 20.8 Å². The van der Waals surface area contributed by atoms with Crippen LogP contribution in [0.5, 0.6) is 0 Å². The highest BCUT2D eigenvalue weighted by Crippen LogP contribution is 2.41. The summed E-state index contributed by atoms with van der Waals surface area (Å²) in [4.78, 5) is 24.0. The molecule has 0 radical (unpaired) electrons. The van der Waals surface area contributed by atoms with E-state index in [9.17, 15) is 9.59 Å². The standard InChI is InChI=1S/C18H32O3/c1-12(2)15-9-8-13(3)10-16(15)21-18(11-19,14(4)20)17(5,6)7/h11-13,15-16H,8-10H2,1-7H3. The first-order valence-corrected chi connectivity index (χ1v) is 8.20. The monoisotopic (exact) mass is 296 g/mol. The molecule has 1 rings (SSSR count). The number of hydrogen-bond donors (Lipinski definition) is 0. The molecule has 1 aliphatic rings. The summed E-state index contributed by atoms with van der Waals surface area (Å²) >= 11 is 0. The molecule has 0 aliphatic heterocycles. The van der Waals surface area contributed by atoms with Gasteiger partial charge in [0, 0.05) is 5.41 Å². The largest absolute Gasteiger partial charge is 0.356 e. The summed E-state index contributed by atoms with van der Waals surface area (Å²) in [6.45, 7) is 13.8. The van der Waals surface area contributed by atoms with Crippen LogP contribution in [0.2, 0.25) is 0 Å². The van der Waals surface area contributed by atoms with Crippen LogP contribution in [0, 0.1) is 23.2 Å². The maximum atomic E-state index is 12.2. The lowest BCUT2D eigenvalue weighted by Crippen LogP contribution is -2.56. The highest BCUT2D eigenvalue weighted by molar-refractivity contribution is 6.01. The molecule has 0 aromatic heterocycles. The van der Waals surface area contributed by atoms with E-state index in [0.29, 0.717) is 17.8 Å². The average Bonchev–Trinajstić information content (AvgIpc) is 2.33. The zero-order valence-corrected chi connectivity index (χ0v) is 14.7.